The summed E-state index contributed by atoms with van der Waals surface area (Å²) in [6, 6.07) is 0. The van der Waals surface area contributed by atoms with Crippen LogP contribution in [0.5, 0.6) is 0 Å². The quantitative estimate of drug-likeness (QED) is 0.0263. The number of hydrogen-bond acceptors (Lipinski definition) is 6. The van der Waals surface area contributed by atoms with Gasteiger partial charge in [0, 0.05) is 19.3 Å². The fourth-order valence-electron chi connectivity index (χ4n) is 6.22. The molecule has 0 aromatic heterocycles. The van der Waals surface area contributed by atoms with Crippen LogP contribution >= 0.6 is 0 Å². The van der Waals surface area contributed by atoms with Gasteiger partial charge in [0.25, 0.3) is 0 Å². The van der Waals surface area contributed by atoms with Gasteiger partial charge < -0.3 is 14.2 Å². The van der Waals surface area contributed by atoms with Crippen LogP contribution in [0.1, 0.15) is 194 Å². The molecule has 0 heterocycles. The van der Waals surface area contributed by atoms with Gasteiger partial charge in [0.05, 0.1) is 0 Å². The number of ether oxygens (including phenoxy) is 3. The first-order valence-corrected chi connectivity index (χ1v) is 24.7. The highest BCUT2D eigenvalue weighted by Crippen LogP contribution is 2.12. The number of rotatable bonds is 42. The van der Waals surface area contributed by atoms with Crippen molar-refractivity contribution < 1.29 is 28.6 Å². The van der Waals surface area contributed by atoms with Crippen molar-refractivity contribution in [2.75, 3.05) is 13.2 Å². The second-order valence-corrected chi connectivity index (χ2v) is 15.8. The van der Waals surface area contributed by atoms with Crippen molar-refractivity contribution in [1.82, 2.24) is 0 Å². The van der Waals surface area contributed by atoms with Gasteiger partial charge in [-0.25, -0.2) is 0 Å². The van der Waals surface area contributed by atoms with Crippen LogP contribution in [0.3, 0.4) is 0 Å². The molecule has 0 aromatic rings. The van der Waals surface area contributed by atoms with E-state index in [4.69, 9.17) is 14.2 Å². The summed E-state index contributed by atoms with van der Waals surface area (Å²) >= 11 is 0. The molecular weight excluding hydrogens is 769 g/mol. The van der Waals surface area contributed by atoms with E-state index in [0.29, 0.717) is 19.3 Å². The van der Waals surface area contributed by atoms with E-state index in [1.165, 1.54) is 32.1 Å². The maximum absolute atomic E-state index is 12.7. The number of esters is 3. The first-order chi connectivity index (χ1) is 30.5. The van der Waals surface area contributed by atoms with E-state index in [1.54, 1.807) is 0 Å². The minimum Gasteiger partial charge on any atom is -0.462 e. The molecule has 1 unspecified atom stereocenters. The van der Waals surface area contributed by atoms with Crippen LogP contribution < -0.4 is 0 Å². The van der Waals surface area contributed by atoms with Crippen molar-refractivity contribution in [1.29, 1.82) is 0 Å². The number of allylic oxidation sites excluding steroid dienone is 20. The lowest BCUT2D eigenvalue weighted by Gasteiger charge is -2.18. The molecule has 6 nitrogen and oxygen atoms in total. The van der Waals surface area contributed by atoms with Crippen LogP contribution in [0, 0.1) is 0 Å². The summed E-state index contributed by atoms with van der Waals surface area (Å²) in [6.07, 6.45) is 67.5. The van der Waals surface area contributed by atoms with Crippen molar-refractivity contribution >= 4 is 17.9 Å². The number of carbonyl (C=O) groups is 3. The van der Waals surface area contributed by atoms with Crippen LogP contribution in [0.2, 0.25) is 0 Å². The Morgan fingerprint density at radius 2 is 0.629 bits per heavy atom. The maximum Gasteiger partial charge on any atom is 0.306 e. The van der Waals surface area contributed by atoms with E-state index in [9.17, 15) is 14.4 Å². The van der Waals surface area contributed by atoms with E-state index in [1.807, 2.05) is 42.5 Å². The molecule has 0 bridgehead atoms. The zero-order chi connectivity index (χ0) is 45.1. The lowest BCUT2D eigenvalue weighted by molar-refractivity contribution is -0.167. The van der Waals surface area contributed by atoms with Gasteiger partial charge in [-0.3, -0.25) is 14.4 Å². The maximum atomic E-state index is 12.7. The predicted octanol–water partition coefficient (Wildman–Crippen LogP) is 16.1. The van der Waals surface area contributed by atoms with Gasteiger partial charge in [0.1, 0.15) is 13.2 Å². The van der Waals surface area contributed by atoms with E-state index < -0.39 is 6.10 Å². The monoisotopic (exact) mass is 857 g/mol. The highest BCUT2D eigenvalue weighted by atomic mass is 16.6. The normalized spacial score (nSPS) is 13.1. The van der Waals surface area contributed by atoms with Crippen LogP contribution in [0.25, 0.3) is 0 Å². The largest absolute Gasteiger partial charge is 0.462 e. The number of carbonyl (C=O) groups excluding carboxylic acids is 3. The molecule has 1 atom stereocenters. The molecule has 348 valence electrons. The number of hydrogen-bond donors (Lipinski definition) is 0. The molecule has 0 saturated heterocycles. The Morgan fingerprint density at radius 1 is 0.339 bits per heavy atom. The lowest BCUT2D eigenvalue weighted by Crippen LogP contribution is -2.30. The van der Waals surface area contributed by atoms with Crippen LogP contribution in [0.4, 0.5) is 0 Å². The third kappa shape index (κ3) is 46.9. The molecule has 0 amide bonds. The van der Waals surface area contributed by atoms with Gasteiger partial charge in [-0.1, -0.05) is 213 Å². The summed E-state index contributed by atoms with van der Waals surface area (Å²) in [5.41, 5.74) is 0. The highest BCUT2D eigenvalue weighted by Gasteiger charge is 2.19. The lowest BCUT2D eigenvalue weighted by atomic mass is 10.1. The molecule has 0 radical (unpaired) electrons. The van der Waals surface area contributed by atoms with Gasteiger partial charge in [-0.05, 0) is 83.5 Å². The van der Waals surface area contributed by atoms with Crippen molar-refractivity contribution in [2.24, 2.45) is 0 Å². The highest BCUT2D eigenvalue weighted by molar-refractivity contribution is 5.71. The van der Waals surface area contributed by atoms with Crippen LogP contribution in [-0.4, -0.2) is 37.2 Å². The van der Waals surface area contributed by atoms with E-state index in [-0.39, 0.29) is 37.5 Å². The topological polar surface area (TPSA) is 78.9 Å². The van der Waals surface area contributed by atoms with Gasteiger partial charge in [0.2, 0.25) is 0 Å². The Morgan fingerprint density at radius 3 is 1.00 bits per heavy atom. The molecule has 0 N–H and O–H groups in total. The number of unbranched alkanes of at least 4 members (excludes halogenated alkanes) is 18. The molecule has 0 aliphatic rings. The predicted molar refractivity (Wildman–Crippen MR) is 265 cm³/mol. The third-order valence-electron chi connectivity index (χ3n) is 9.90. The summed E-state index contributed by atoms with van der Waals surface area (Å²) in [5.74, 6) is -1.00. The Labute approximate surface area is 380 Å². The van der Waals surface area contributed by atoms with Crippen LogP contribution in [-0.2, 0) is 28.6 Å². The van der Waals surface area contributed by atoms with E-state index in [2.05, 4.69) is 99.8 Å². The SMILES string of the molecule is CC\C=C/C=C\C=C/C=C\CCCCCC(=O)OC(COC(=O)CCCCCCC\C=C/C=C\C=C/CC)COC(=O)CCCCCCC\C=C/C=C\C=C/CCCCCCC. The fourth-order valence-corrected chi connectivity index (χ4v) is 6.22. The zero-order valence-corrected chi connectivity index (χ0v) is 39.6. The Bertz CT molecular complexity index is 1350. The molecule has 0 spiro atoms. The zero-order valence-electron chi connectivity index (χ0n) is 39.6. The smallest absolute Gasteiger partial charge is 0.306 e. The molecule has 0 rings (SSSR count). The molecule has 0 aliphatic heterocycles. The standard InChI is InChI=1S/C56H88O6/c1-4-7-10-13-16-19-22-25-26-27-28-29-32-34-37-40-43-46-49-55(58)61-52-53(62-56(59)50-47-44-41-38-35-31-24-21-18-15-12-9-6-3)51-60-54(57)48-45-42-39-36-33-30-23-20-17-14-11-8-5-2/h8-9,11-12,14-15,17-18,20-29,31,35,53H,4-7,10,13,16,19,30,32-34,36-52H2,1-3H3/b11-8-,12-9-,17-14-,18-15-,23-20-,24-21-,25-22-,27-26-,29-28-,35-31-. The molecule has 0 aliphatic carbocycles. The Hall–Kier alpha value is -4.19. The molecule has 0 saturated carbocycles. The van der Waals surface area contributed by atoms with Gasteiger partial charge >= 0.3 is 17.9 Å². The fraction of sp³-hybridized carbons (Fsp3) is 0.589. The molecular formula is C56H88O6. The van der Waals surface area contributed by atoms with E-state index >= 15 is 0 Å². The average molecular weight is 857 g/mol. The summed E-state index contributed by atoms with van der Waals surface area (Å²) in [6.45, 7) is 6.25. The van der Waals surface area contributed by atoms with Gasteiger partial charge in [-0.15, -0.1) is 0 Å². The Balaban J connectivity index is 4.52. The molecule has 6 heteroatoms. The molecule has 0 aromatic carbocycles. The Kier molecular flexibility index (Phi) is 46.1. The van der Waals surface area contributed by atoms with Crippen molar-refractivity contribution in [2.45, 2.75) is 200 Å². The van der Waals surface area contributed by atoms with Crippen molar-refractivity contribution in [3.63, 3.8) is 0 Å². The second kappa shape index (κ2) is 49.5. The summed E-state index contributed by atoms with van der Waals surface area (Å²) < 4.78 is 16.7. The van der Waals surface area contributed by atoms with Gasteiger partial charge in [0.15, 0.2) is 6.10 Å². The van der Waals surface area contributed by atoms with Crippen molar-refractivity contribution in [3.05, 3.63) is 122 Å². The molecule has 62 heavy (non-hydrogen) atoms. The van der Waals surface area contributed by atoms with Gasteiger partial charge in [-0.2, -0.15) is 0 Å². The van der Waals surface area contributed by atoms with Crippen LogP contribution in [0.15, 0.2) is 122 Å². The summed E-state index contributed by atoms with van der Waals surface area (Å²) in [4.78, 5) is 37.9. The summed E-state index contributed by atoms with van der Waals surface area (Å²) in [7, 11) is 0. The summed E-state index contributed by atoms with van der Waals surface area (Å²) in [5, 5.41) is 0. The first-order valence-electron chi connectivity index (χ1n) is 24.7. The first kappa shape index (κ1) is 57.8. The molecule has 0 fully saturated rings. The van der Waals surface area contributed by atoms with Crippen molar-refractivity contribution in [3.8, 4) is 0 Å². The minimum absolute atomic E-state index is 0.116. The minimum atomic E-state index is -0.818. The third-order valence-corrected chi connectivity index (χ3v) is 9.90. The average Bonchev–Trinajstić information content (AvgIpc) is 3.27. The van der Waals surface area contributed by atoms with E-state index in [0.717, 1.165) is 116 Å². The second-order valence-electron chi connectivity index (χ2n) is 15.8.